The lowest BCUT2D eigenvalue weighted by molar-refractivity contribution is -0.122. The van der Waals surface area contributed by atoms with Gasteiger partial charge >= 0.3 is 6.03 Å². The third kappa shape index (κ3) is 3.50. The molecule has 3 rings (SSSR count). The molecule has 1 aromatic rings. The summed E-state index contributed by atoms with van der Waals surface area (Å²) in [5.74, 6) is -0.885. The van der Waals surface area contributed by atoms with Crippen LogP contribution in [0, 0.1) is 5.82 Å². The van der Waals surface area contributed by atoms with Crippen molar-refractivity contribution < 1.29 is 22.4 Å². The average molecular weight is 355 g/mol. The summed E-state index contributed by atoms with van der Waals surface area (Å²) in [7, 11) is -3.07. The van der Waals surface area contributed by atoms with Gasteiger partial charge in [0.25, 0.3) is 0 Å². The van der Waals surface area contributed by atoms with Crippen molar-refractivity contribution in [3.63, 3.8) is 0 Å². The highest BCUT2D eigenvalue weighted by molar-refractivity contribution is 7.91. The number of amides is 3. The van der Waals surface area contributed by atoms with E-state index in [4.69, 9.17) is 0 Å². The maximum atomic E-state index is 13.8. The summed E-state index contributed by atoms with van der Waals surface area (Å²) in [4.78, 5) is 27.0. The fraction of sp³-hybridized carbons (Fsp3) is 0.467. The van der Waals surface area contributed by atoms with E-state index < -0.39 is 33.6 Å². The summed E-state index contributed by atoms with van der Waals surface area (Å²) in [5, 5.41) is 2.64. The highest BCUT2D eigenvalue weighted by Crippen LogP contribution is 2.23. The highest BCUT2D eigenvalue weighted by Gasteiger charge is 2.34. The van der Waals surface area contributed by atoms with Gasteiger partial charge in [0.2, 0.25) is 5.91 Å². The van der Waals surface area contributed by atoms with Crippen LogP contribution in [0.1, 0.15) is 6.42 Å². The Hall–Kier alpha value is -2.16. The highest BCUT2D eigenvalue weighted by atomic mass is 32.2. The molecule has 0 saturated carbocycles. The van der Waals surface area contributed by atoms with Gasteiger partial charge in [-0.25, -0.2) is 17.6 Å². The molecule has 1 atom stereocenters. The molecule has 0 aliphatic carbocycles. The standard InChI is InChI=1S/C15H18FN3O4S/c16-12-3-1-2-4-13(12)19-7-6-18(15(19)21)9-14(20)17-11-5-8-24(22,23)10-11/h1-4,11H,5-10H2,(H,17,20). The molecule has 2 fully saturated rings. The van der Waals surface area contributed by atoms with Crippen molar-refractivity contribution in [1.29, 1.82) is 0 Å². The fourth-order valence-electron chi connectivity index (χ4n) is 2.98. The number of anilines is 1. The van der Waals surface area contributed by atoms with Gasteiger partial charge < -0.3 is 10.2 Å². The number of nitrogens with one attached hydrogen (secondary N) is 1. The van der Waals surface area contributed by atoms with Crippen molar-refractivity contribution in [2.24, 2.45) is 0 Å². The van der Waals surface area contributed by atoms with E-state index in [-0.39, 0.29) is 23.7 Å². The Labute approximate surface area is 139 Å². The minimum atomic E-state index is -3.07. The van der Waals surface area contributed by atoms with Crippen molar-refractivity contribution in [3.05, 3.63) is 30.1 Å². The van der Waals surface area contributed by atoms with Crippen LogP contribution < -0.4 is 10.2 Å². The number of para-hydroxylation sites is 1. The first-order chi connectivity index (χ1) is 11.4. The van der Waals surface area contributed by atoms with Crippen LogP contribution in [0.4, 0.5) is 14.9 Å². The van der Waals surface area contributed by atoms with Crippen LogP contribution in [0.5, 0.6) is 0 Å². The molecule has 1 N–H and O–H groups in total. The largest absolute Gasteiger partial charge is 0.351 e. The summed E-state index contributed by atoms with van der Waals surface area (Å²) in [6.45, 7) is 0.439. The molecule has 0 aromatic heterocycles. The first kappa shape index (κ1) is 16.7. The summed E-state index contributed by atoms with van der Waals surface area (Å²) < 4.78 is 36.6. The molecule has 2 aliphatic heterocycles. The first-order valence-corrected chi connectivity index (χ1v) is 9.48. The van der Waals surface area contributed by atoms with Gasteiger partial charge in [0.1, 0.15) is 12.4 Å². The summed E-state index contributed by atoms with van der Waals surface area (Å²) in [6, 6.07) is 5.14. The topological polar surface area (TPSA) is 86.8 Å². The van der Waals surface area contributed by atoms with Crippen LogP contribution in [0.3, 0.4) is 0 Å². The number of nitrogens with zero attached hydrogens (tertiary/aromatic N) is 2. The lowest BCUT2D eigenvalue weighted by Crippen LogP contribution is -2.44. The summed E-state index contributed by atoms with van der Waals surface area (Å²) >= 11 is 0. The monoisotopic (exact) mass is 355 g/mol. The number of hydrogen-bond acceptors (Lipinski definition) is 4. The molecule has 1 aromatic carbocycles. The summed E-state index contributed by atoms with van der Waals surface area (Å²) in [5.41, 5.74) is 0.187. The van der Waals surface area contributed by atoms with E-state index >= 15 is 0 Å². The van der Waals surface area contributed by atoms with Crippen molar-refractivity contribution >= 4 is 27.5 Å². The van der Waals surface area contributed by atoms with Gasteiger partial charge in [-0.1, -0.05) is 12.1 Å². The van der Waals surface area contributed by atoms with E-state index in [1.54, 1.807) is 12.1 Å². The third-order valence-corrected chi connectivity index (χ3v) is 5.94. The Balaban J connectivity index is 1.58. The van der Waals surface area contributed by atoms with Crippen LogP contribution in [0.2, 0.25) is 0 Å². The van der Waals surface area contributed by atoms with E-state index in [0.29, 0.717) is 19.5 Å². The zero-order valence-corrected chi connectivity index (χ0v) is 13.8. The van der Waals surface area contributed by atoms with Crippen LogP contribution >= 0.6 is 0 Å². The summed E-state index contributed by atoms with van der Waals surface area (Å²) in [6.07, 6.45) is 0.392. The Bertz CT molecular complexity index is 768. The van der Waals surface area contributed by atoms with Crippen LogP contribution in [-0.2, 0) is 14.6 Å². The Kier molecular flexibility index (Phi) is 4.44. The lowest BCUT2D eigenvalue weighted by Gasteiger charge is -2.19. The van der Waals surface area contributed by atoms with Crippen molar-refractivity contribution in [1.82, 2.24) is 10.2 Å². The minimum absolute atomic E-state index is 0.0615. The van der Waals surface area contributed by atoms with Gasteiger partial charge in [0.05, 0.1) is 17.2 Å². The number of sulfone groups is 1. The Morgan fingerprint density at radius 2 is 2.04 bits per heavy atom. The molecule has 0 bridgehead atoms. The van der Waals surface area contributed by atoms with Crippen LogP contribution in [0.25, 0.3) is 0 Å². The van der Waals surface area contributed by atoms with E-state index in [1.807, 2.05) is 0 Å². The van der Waals surface area contributed by atoms with Gasteiger partial charge in [0, 0.05) is 19.1 Å². The van der Waals surface area contributed by atoms with Gasteiger partial charge in [-0.15, -0.1) is 0 Å². The van der Waals surface area contributed by atoms with Crippen LogP contribution in [-0.4, -0.2) is 62.4 Å². The quantitative estimate of drug-likeness (QED) is 0.845. The third-order valence-electron chi connectivity index (χ3n) is 4.17. The molecule has 2 aliphatic rings. The zero-order chi connectivity index (χ0) is 17.3. The fourth-order valence-corrected chi connectivity index (χ4v) is 4.65. The second kappa shape index (κ2) is 6.39. The number of benzene rings is 1. The predicted molar refractivity (Wildman–Crippen MR) is 85.9 cm³/mol. The van der Waals surface area contributed by atoms with Crippen molar-refractivity contribution in [3.8, 4) is 0 Å². The molecule has 0 radical (unpaired) electrons. The number of halogens is 1. The molecule has 24 heavy (non-hydrogen) atoms. The molecule has 9 heteroatoms. The second-order valence-electron chi connectivity index (χ2n) is 5.97. The van der Waals surface area contributed by atoms with Gasteiger partial charge in [-0.05, 0) is 18.6 Å². The molecule has 2 heterocycles. The second-order valence-corrected chi connectivity index (χ2v) is 8.20. The van der Waals surface area contributed by atoms with E-state index in [9.17, 15) is 22.4 Å². The first-order valence-electron chi connectivity index (χ1n) is 7.66. The molecule has 130 valence electrons. The average Bonchev–Trinajstić information content (AvgIpc) is 3.03. The Morgan fingerprint density at radius 1 is 1.29 bits per heavy atom. The van der Waals surface area contributed by atoms with E-state index in [0.717, 1.165) is 0 Å². The number of urea groups is 1. The molecule has 7 nitrogen and oxygen atoms in total. The molecular formula is C15H18FN3O4S. The van der Waals surface area contributed by atoms with Crippen LogP contribution in [0.15, 0.2) is 24.3 Å². The predicted octanol–water partition coefficient (Wildman–Crippen LogP) is 0.371. The number of hydrogen-bond donors (Lipinski definition) is 1. The van der Waals surface area contributed by atoms with E-state index in [2.05, 4.69) is 5.32 Å². The Morgan fingerprint density at radius 3 is 2.71 bits per heavy atom. The maximum Gasteiger partial charge on any atom is 0.325 e. The zero-order valence-electron chi connectivity index (χ0n) is 12.9. The molecular weight excluding hydrogens is 337 g/mol. The van der Waals surface area contributed by atoms with Gasteiger partial charge in [0.15, 0.2) is 9.84 Å². The molecule has 3 amide bonds. The minimum Gasteiger partial charge on any atom is -0.351 e. The normalized spacial score (nSPS) is 22.9. The SMILES string of the molecule is O=C(CN1CCN(c2ccccc2F)C1=O)NC1CCS(=O)(=O)C1. The number of carbonyl (C=O) groups excluding carboxylic acids is 2. The van der Waals surface area contributed by atoms with Crippen molar-refractivity contribution in [2.45, 2.75) is 12.5 Å². The van der Waals surface area contributed by atoms with Gasteiger partial charge in [-0.3, -0.25) is 9.69 Å². The molecule has 0 spiro atoms. The lowest BCUT2D eigenvalue weighted by atomic mass is 10.2. The smallest absolute Gasteiger partial charge is 0.325 e. The number of rotatable bonds is 4. The van der Waals surface area contributed by atoms with Crippen molar-refractivity contribution in [2.75, 3.05) is 36.0 Å². The van der Waals surface area contributed by atoms with E-state index in [1.165, 1.54) is 21.9 Å². The van der Waals surface area contributed by atoms with Gasteiger partial charge in [-0.2, -0.15) is 0 Å². The number of carbonyl (C=O) groups is 2. The maximum absolute atomic E-state index is 13.8. The molecule has 2 saturated heterocycles. The molecule has 1 unspecified atom stereocenters.